The third-order valence-electron chi connectivity index (χ3n) is 3.56. The predicted molar refractivity (Wildman–Crippen MR) is 70.7 cm³/mol. The molecule has 2 heteroatoms. The van der Waals surface area contributed by atoms with Crippen LogP contribution in [0.25, 0.3) is 0 Å². The van der Waals surface area contributed by atoms with Gasteiger partial charge in [-0.15, -0.1) is 0 Å². The minimum Gasteiger partial charge on any atom is -0.392 e. The quantitative estimate of drug-likeness (QED) is 0.867. The summed E-state index contributed by atoms with van der Waals surface area (Å²) in [5.74, 6) is 0. The van der Waals surface area contributed by atoms with Crippen LogP contribution in [0, 0.1) is 0 Å². The van der Waals surface area contributed by atoms with Gasteiger partial charge in [0.15, 0.2) is 0 Å². The van der Waals surface area contributed by atoms with Gasteiger partial charge in [-0.3, -0.25) is 4.90 Å². The van der Waals surface area contributed by atoms with Crippen LogP contribution in [0.1, 0.15) is 43.2 Å². The predicted octanol–water partition coefficient (Wildman–Crippen LogP) is 2.95. The summed E-state index contributed by atoms with van der Waals surface area (Å²) in [5.41, 5.74) is 2.36. The van der Waals surface area contributed by atoms with Crippen LogP contribution in [0.5, 0.6) is 0 Å². The van der Waals surface area contributed by atoms with E-state index in [1.54, 1.807) is 0 Å². The van der Waals surface area contributed by atoms with E-state index < -0.39 is 0 Å². The first-order valence-electron chi connectivity index (χ1n) is 6.79. The Morgan fingerprint density at radius 3 is 1.94 bits per heavy atom. The highest BCUT2D eigenvalue weighted by molar-refractivity contribution is 5.21. The summed E-state index contributed by atoms with van der Waals surface area (Å²) in [4.78, 5) is 2.56. The molecule has 0 aliphatic carbocycles. The average molecular weight is 233 g/mol. The van der Waals surface area contributed by atoms with Gasteiger partial charge in [-0.1, -0.05) is 43.5 Å². The molecule has 0 saturated carbocycles. The fourth-order valence-electron chi connectivity index (χ4n) is 2.48. The second kappa shape index (κ2) is 6.77. The molecule has 0 spiro atoms. The van der Waals surface area contributed by atoms with Gasteiger partial charge in [0.05, 0.1) is 6.61 Å². The Morgan fingerprint density at radius 2 is 1.35 bits per heavy atom. The van der Waals surface area contributed by atoms with Gasteiger partial charge in [0.2, 0.25) is 0 Å². The smallest absolute Gasteiger partial charge is 0.0681 e. The third kappa shape index (κ3) is 4.14. The standard InChI is InChI=1S/C15H23NO/c17-13-15-8-6-14(7-9-15)12-16-10-4-2-1-3-5-11-16/h6-9,17H,1-5,10-13H2. The molecule has 1 fully saturated rings. The van der Waals surface area contributed by atoms with E-state index in [2.05, 4.69) is 17.0 Å². The first kappa shape index (κ1) is 12.6. The molecule has 1 heterocycles. The molecular weight excluding hydrogens is 210 g/mol. The van der Waals surface area contributed by atoms with Crippen molar-refractivity contribution in [1.82, 2.24) is 4.90 Å². The molecule has 1 saturated heterocycles. The summed E-state index contributed by atoms with van der Waals surface area (Å²) in [6.07, 6.45) is 6.88. The minimum atomic E-state index is 0.143. The van der Waals surface area contributed by atoms with E-state index in [1.165, 1.54) is 50.8 Å². The van der Waals surface area contributed by atoms with Crippen molar-refractivity contribution in [2.24, 2.45) is 0 Å². The number of benzene rings is 1. The van der Waals surface area contributed by atoms with Crippen molar-refractivity contribution < 1.29 is 5.11 Å². The lowest BCUT2D eigenvalue weighted by atomic mass is 10.1. The Bertz CT molecular complexity index is 312. The molecule has 1 aliphatic heterocycles. The van der Waals surface area contributed by atoms with Crippen molar-refractivity contribution >= 4 is 0 Å². The van der Waals surface area contributed by atoms with Crippen LogP contribution in [-0.2, 0) is 13.2 Å². The van der Waals surface area contributed by atoms with Crippen molar-refractivity contribution in [2.75, 3.05) is 13.1 Å². The normalized spacial score (nSPS) is 18.6. The molecule has 17 heavy (non-hydrogen) atoms. The molecule has 1 aliphatic rings. The largest absolute Gasteiger partial charge is 0.392 e. The van der Waals surface area contributed by atoms with Crippen LogP contribution in [0.4, 0.5) is 0 Å². The monoisotopic (exact) mass is 233 g/mol. The zero-order valence-corrected chi connectivity index (χ0v) is 10.6. The number of hydrogen-bond donors (Lipinski definition) is 1. The van der Waals surface area contributed by atoms with Gasteiger partial charge in [-0.05, 0) is 37.1 Å². The highest BCUT2D eigenvalue weighted by Gasteiger charge is 2.08. The molecular formula is C15H23NO. The van der Waals surface area contributed by atoms with Gasteiger partial charge in [-0.2, -0.15) is 0 Å². The van der Waals surface area contributed by atoms with Crippen molar-refractivity contribution in [3.63, 3.8) is 0 Å². The van der Waals surface area contributed by atoms with Crippen LogP contribution in [0.2, 0.25) is 0 Å². The summed E-state index contributed by atoms with van der Waals surface area (Å²) in [6.45, 7) is 3.68. The Balaban J connectivity index is 1.88. The van der Waals surface area contributed by atoms with E-state index in [0.717, 1.165) is 12.1 Å². The lowest BCUT2D eigenvalue weighted by Crippen LogP contribution is -2.26. The molecule has 0 radical (unpaired) electrons. The van der Waals surface area contributed by atoms with Gasteiger partial charge in [0, 0.05) is 6.54 Å². The molecule has 0 bridgehead atoms. The third-order valence-corrected chi connectivity index (χ3v) is 3.56. The Labute approximate surface area is 104 Å². The molecule has 0 atom stereocenters. The molecule has 2 nitrogen and oxygen atoms in total. The first-order chi connectivity index (χ1) is 8.38. The van der Waals surface area contributed by atoms with Crippen molar-refractivity contribution in [2.45, 2.75) is 45.3 Å². The SMILES string of the molecule is OCc1ccc(CN2CCCCCCC2)cc1. The molecule has 2 rings (SSSR count). The number of aliphatic hydroxyl groups excluding tert-OH is 1. The second-order valence-electron chi connectivity index (χ2n) is 5.02. The van der Waals surface area contributed by atoms with E-state index in [1.807, 2.05) is 12.1 Å². The number of nitrogens with zero attached hydrogens (tertiary/aromatic N) is 1. The Morgan fingerprint density at radius 1 is 0.824 bits per heavy atom. The Hall–Kier alpha value is -0.860. The van der Waals surface area contributed by atoms with Gasteiger partial charge in [0.1, 0.15) is 0 Å². The van der Waals surface area contributed by atoms with Crippen LogP contribution < -0.4 is 0 Å². The maximum Gasteiger partial charge on any atom is 0.0681 e. The molecule has 94 valence electrons. The van der Waals surface area contributed by atoms with Gasteiger partial charge in [-0.25, -0.2) is 0 Å². The summed E-state index contributed by atoms with van der Waals surface area (Å²) in [6, 6.07) is 8.34. The van der Waals surface area contributed by atoms with Gasteiger partial charge < -0.3 is 5.11 Å². The Kier molecular flexibility index (Phi) is 5.02. The highest BCUT2D eigenvalue weighted by Crippen LogP contribution is 2.14. The minimum absolute atomic E-state index is 0.143. The second-order valence-corrected chi connectivity index (χ2v) is 5.02. The van der Waals surface area contributed by atoms with E-state index in [4.69, 9.17) is 5.11 Å². The van der Waals surface area contributed by atoms with Crippen LogP contribution in [-0.4, -0.2) is 23.1 Å². The molecule has 0 amide bonds. The lowest BCUT2D eigenvalue weighted by molar-refractivity contribution is 0.239. The van der Waals surface area contributed by atoms with E-state index >= 15 is 0 Å². The van der Waals surface area contributed by atoms with E-state index in [0.29, 0.717) is 0 Å². The fourth-order valence-corrected chi connectivity index (χ4v) is 2.48. The zero-order chi connectivity index (χ0) is 11.9. The van der Waals surface area contributed by atoms with Crippen molar-refractivity contribution in [3.05, 3.63) is 35.4 Å². The maximum atomic E-state index is 9.01. The molecule has 1 N–H and O–H groups in total. The molecule has 1 aromatic carbocycles. The lowest BCUT2D eigenvalue weighted by Gasteiger charge is -2.24. The summed E-state index contributed by atoms with van der Waals surface area (Å²) in [7, 11) is 0. The molecule has 1 aromatic rings. The number of aliphatic hydroxyl groups is 1. The van der Waals surface area contributed by atoms with E-state index in [-0.39, 0.29) is 6.61 Å². The zero-order valence-electron chi connectivity index (χ0n) is 10.6. The number of likely N-dealkylation sites (tertiary alicyclic amines) is 1. The summed E-state index contributed by atoms with van der Waals surface area (Å²) >= 11 is 0. The number of hydrogen-bond acceptors (Lipinski definition) is 2. The maximum absolute atomic E-state index is 9.01. The highest BCUT2D eigenvalue weighted by atomic mass is 16.3. The number of rotatable bonds is 3. The average Bonchev–Trinajstić information content (AvgIpc) is 2.33. The summed E-state index contributed by atoms with van der Waals surface area (Å²) < 4.78 is 0. The van der Waals surface area contributed by atoms with Crippen molar-refractivity contribution in [1.29, 1.82) is 0 Å². The van der Waals surface area contributed by atoms with E-state index in [9.17, 15) is 0 Å². The molecule has 0 aromatic heterocycles. The topological polar surface area (TPSA) is 23.5 Å². The fraction of sp³-hybridized carbons (Fsp3) is 0.600. The van der Waals surface area contributed by atoms with Gasteiger partial charge in [0.25, 0.3) is 0 Å². The van der Waals surface area contributed by atoms with Crippen molar-refractivity contribution in [3.8, 4) is 0 Å². The van der Waals surface area contributed by atoms with Gasteiger partial charge >= 0.3 is 0 Å². The van der Waals surface area contributed by atoms with Crippen LogP contribution in [0.15, 0.2) is 24.3 Å². The van der Waals surface area contributed by atoms with Crippen LogP contribution >= 0.6 is 0 Å². The summed E-state index contributed by atoms with van der Waals surface area (Å²) in [5, 5.41) is 9.01. The first-order valence-corrected chi connectivity index (χ1v) is 6.79. The van der Waals surface area contributed by atoms with Crippen LogP contribution in [0.3, 0.4) is 0 Å². The molecule has 0 unspecified atom stereocenters.